The number of aliphatic hydroxyl groups is 1. The van der Waals surface area contributed by atoms with Gasteiger partial charge in [0.15, 0.2) is 0 Å². The molecule has 0 heterocycles. The molecule has 0 fully saturated rings. The summed E-state index contributed by atoms with van der Waals surface area (Å²) in [4.78, 5) is 0. The van der Waals surface area contributed by atoms with E-state index in [9.17, 15) is 5.11 Å². The van der Waals surface area contributed by atoms with Gasteiger partial charge >= 0.3 is 0 Å². The van der Waals surface area contributed by atoms with Crippen LogP contribution in [0.3, 0.4) is 0 Å². The largest absolute Gasteiger partial charge is 0.384 e. The molecule has 1 atom stereocenters. The molecule has 2 aromatic rings. The summed E-state index contributed by atoms with van der Waals surface area (Å²) in [6.45, 7) is 2.32. The van der Waals surface area contributed by atoms with Crippen molar-refractivity contribution in [2.75, 3.05) is 6.54 Å². The zero-order chi connectivity index (χ0) is 12.3. The number of hydrogen-bond acceptors (Lipinski definition) is 2. The second-order valence-electron chi connectivity index (χ2n) is 4.55. The summed E-state index contributed by atoms with van der Waals surface area (Å²) in [5.41, 5.74) is 5.75. The Bertz CT molecular complexity index is 509. The third-order valence-electron chi connectivity index (χ3n) is 3.29. The Morgan fingerprint density at radius 3 is 2.47 bits per heavy atom. The third kappa shape index (κ3) is 2.33. The number of nitrogens with two attached hydrogens (primary N) is 1. The van der Waals surface area contributed by atoms with Crippen LogP contribution in [0.5, 0.6) is 0 Å². The zero-order valence-electron chi connectivity index (χ0n) is 10.2. The highest BCUT2D eigenvalue weighted by Gasteiger charge is 2.26. The van der Waals surface area contributed by atoms with Crippen LogP contribution >= 0.6 is 0 Å². The van der Waals surface area contributed by atoms with Gasteiger partial charge in [0.2, 0.25) is 0 Å². The van der Waals surface area contributed by atoms with Gasteiger partial charge in [0, 0.05) is 6.54 Å². The maximum absolute atomic E-state index is 10.5. The van der Waals surface area contributed by atoms with Crippen molar-refractivity contribution in [3.8, 4) is 0 Å². The fourth-order valence-electron chi connectivity index (χ4n) is 2.26. The molecule has 0 amide bonds. The Balaban J connectivity index is 2.47. The lowest BCUT2D eigenvalue weighted by molar-refractivity contribution is 0.0361. The normalized spacial score (nSPS) is 14.8. The van der Waals surface area contributed by atoms with Crippen LogP contribution in [0.4, 0.5) is 0 Å². The van der Waals surface area contributed by atoms with E-state index in [0.717, 1.165) is 17.4 Å². The summed E-state index contributed by atoms with van der Waals surface area (Å²) in [6.07, 6.45) is 1.61. The predicted octanol–water partition coefficient (Wildman–Crippen LogP) is 2.79. The quantitative estimate of drug-likeness (QED) is 0.846. The average Bonchev–Trinajstić information content (AvgIpc) is 2.38. The van der Waals surface area contributed by atoms with Crippen molar-refractivity contribution in [3.63, 3.8) is 0 Å². The summed E-state index contributed by atoms with van der Waals surface area (Å²) >= 11 is 0. The lowest BCUT2D eigenvalue weighted by atomic mass is 9.88. The summed E-state index contributed by atoms with van der Waals surface area (Å²) < 4.78 is 0. The first-order chi connectivity index (χ1) is 8.19. The topological polar surface area (TPSA) is 46.2 Å². The van der Waals surface area contributed by atoms with E-state index in [4.69, 9.17) is 5.73 Å². The number of rotatable bonds is 4. The number of benzene rings is 2. The van der Waals surface area contributed by atoms with Crippen LogP contribution in [-0.4, -0.2) is 11.7 Å². The summed E-state index contributed by atoms with van der Waals surface area (Å²) in [5.74, 6) is 0. The second kappa shape index (κ2) is 4.86. The van der Waals surface area contributed by atoms with Gasteiger partial charge in [0.1, 0.15) is 5.60 Å². The first-order valence-electron chi connectivity index (χ1n) is 6.11. The van der Waals surface area contributed by atoms with Crippen LogP contribution in [0.1, 0.15) is 25.3 Å². The van der Waals surface area contributed by atoms with Crippen molar-refractivity contribution >= 4 is 10.8 Å². The lowest BCUT2D eigenvalue weighted by Crippen LogP contribution is -2.34. The van der Waals surface area contributed by atoms with E-state index in [1.165, 1.54) is 5.39 Å². The van der Waals surface area contributed by atoms with Crippen molar-refractivity contribution in [2.45, 2.75) is 25.4 Å². The van der Waals surface area contributed by atoms with E-state index in [0.29, 0.717) is 6.42 Å². The molecule has 0 aliphatic rings. The van der Waals surface area contributed by atoms with Gasteiger partial charge in [0.05, 0.1) is 0 Å². The number of fused-ring (bicyclic) bond motifs is 1. The Labute approximate surface area is 102 Å². The molecule has 90 valence electrons. The van der Waals surface area contributed by atoms with Gasteiger partial charge in [-0.2, -0.15) is 0 Å². The van der Waals surface area contributed by atoms with E-state index in [2.05, 4.69) is 19.1 Å². The zero-order valence-corrected chi connectivity index (χ0v) is 10.2. The van der Waals surface area contributed by atoms with Gasteiger partial charge in [0.25, 0.3) is 0 Å². The minimum Gasteiger partial charge on any atom is -0.384 e. The molecule has 2 nitrogen and oxygen atoms in total. The molecule has 3 N–H and O–H groups in total. The van der Waals surface area contributed by atoms with Gasteiger partial charge in [-0.15, -0.1) is 0 Å². The van der Waals surface area contributed by atoms with E-state index in [1.807, 2.05) is 30.3 Å². The molecule has 0 saturated heterocycles. The second-order valence-corrected chi connectivity index (χ2v) is 4.55. The lowest BCUT2D eigenvalue weighted by Gasteiger charge is -2.27. The van der Waals surface area contributed by atoms with Crippen molar-refractivity contribution in [1.29, 1.82) is 0 Å². The fraction of sp³-hybridized carbons (Fsp3) is 0.333. The maximum atomic E-state index is 10.5. The standard InChI is InChI=1S/C15H19NO/c1-2-9-15(17,11-16)14-8-7-12-5-3-4-6-13(12)10-14/h3-8,10,17H,2,9,11,16H2,1H3. The smallest absolute Gasteiger partial charge is 0.102 e. The molecule has 0 spiro atoms. The molecule has 1 unspecified atom stereocenters. The third-order valence-corrected chi connectivity index (χ3v) is 3.29. The van der Waals surface area contributed by atoms with E-state index >= 15 is 0 Å². The van der Waals surface area contributed by atoms with Crippen molar-refractivity contribution in [2.24, 2.45) is 5.73 Å². The molecule has 0 bridgehead atoms. The molecule has 2 heteroatoms. The fourth-order valence-corrected chi connectivity index (χ4v) is 2.26. The summed E-state index contributed by atoms with van der Waals surface area (Å²) in [5, 5.41) is 12.9. The van der Waals surface area contributed by atoms with E-state index in [1.54, 1.807) is 0 Å². The summed E-state index contributed by atoms with van der Waals surface area (Å²) in [6, 6.07) is 14.2. The van der Waals surface area contributed by atoms with Gasteiger partial charge in [-0.05, 0) is 28.8 Å². The summed E-state index contributed by atoms with van der Waals surface area (Å²) in [7, 11) is 0. The Hall–Kier alpha value is -1.38. The Morgan fingerprint density at radius 1 is 1.12 bits per heavy atom. The van der Waals surface area contributed by atoms with Crippen molar-refractivity contribution < 1.29 is 5.11 Å². The molecular weight excluding hydrogens is 210 g/mol. The SMILES string of the molecule is CCCC(O)(CN)c1ccc2ccccc2c1. The van der Waals surface area contributed by atoms with Gasteiger partial charge in [-0.1, -0.05) is 49.7 Å². The van der Waals surface area contributed by atoms with E-state index < -0.39 is 5.60 Å². The highest BCUT2D eigenvalue weighted by atomic mass is 16.3. The van der Waals surface area contributed by atoms with Crippen LogP contribution in [0, 0.1) is 0 Å². The number of hydrogen-bond donors (Lipinski definition) is 2. The van der Waals surface area contributed by atoms with Crippen LogP contribution in [0.2, 0.25) is 0 Å². The van der Waals surface area contributed by atoms with Crippen LogP contribution < -0.4 is 5.73 Å². The highest BCUT2D eigenvalue weighted by molar-refractivity contribution is 5.83. The average molecular weight is 229 g/mol. The molecule has 2 rings (SSSR count). The first kappa shape index (κ1) is 12.1. The van der Waals surface area contributed by atoms with Crippen LogP contribution in [-0.2, 0) is 5.60 Å². The molecule has 17 heavy (non-hydrogen) atoms. The highest BCUT2D eigenvalue weighted by Crippen LogP contribution is 2.28. The predicted molar refractivity (Wildman–Crippen MR) is 71.8 cm³/mol. The van der Waals surface area contributed by atoms with Gasteiger partial charge in [-0.3, -0.25) is 0 Å². The van der Waals surface area contributed by atoms with Gasteiger partial charge in [-0.25, -0.2) is 0 Å². The molecule has 2 aromatic carbocycles. The Morgan fingerprint density at radius 2 is 1.82 bits per heavy atom. The Kier molecular flexibility index (Phi) is 3.46. The molecule has 0 saturated carbocycles. The molecule has 0 aliphatic heterocycles. The maximum Gasteiger partial charge on any atom is 0.102 e. The molecular formula is C15H19NO. The minimum absolute atomic E-state index is 0.263. The van der Waals surface area contributed by atoms with Crippen LogP contribution in [0.25, 0.3) is 10.8 Å². The first-order valence-corrected chi connectivity index (χ1v) is 6.11. The molecule has 0 radical (unpaired) electrons. The molecule has 0 aromatic heterocycles. The van der Waals surface area contributed by atoms with Crippen LogP contribution in [0.15, 0.2) is 42.5 Å². The monoisotopic (exact) mass is 229 g/mol. The van der Waals surface area contributed by atoms with Gasteiger partial charge < -0.3 is 10.8 Å². The molecule has 0 aliphatic carbocycles. The van der Waals surface area contributed by atoms with Crippen molar-refractivity contribution in [3.05, 3.63) is 48.0 Å². The van der Waals surface area contributed by atoms with Crippen molar-refractivity contribution in [1.82, 2.24) is 0 Å². The van der Waals surface area contributed by atoms with E-state index in [-0.39, 0.29) is 6.54 Å². The minimum atomic E-state index is -0.890.